The lowest BCUT2D eigenvalue weighted by Gasteiger charge is -2.30. The van der Waals surface area contributed by atoms with E-state index in [1.54, 1.807) is 17.0 Å². The molecule has 1 aliphatic rings. The summed E-state index contributed by atoms with van der Waals surface area (Å²) >= 11 is 0. The largest absolute Gasteiger partial charge is 0.391 e. The van der Waals surface area contributed by atoms with Gasteiger partial charge in [0.1, 0.15) is 0 Å². The molecule has 5 heteroatoms. The average molecular weight is 323 g/mol. The second-order valence-corrected chi connectivity index (χ2v) is 6.33. The van der Waals surface area contributed by atoms with Crippen LogP contribution in [-0.2, 0) is 0 Å². The smallest absolute Gasteiger partial charge is 0.255 e. The first-order valence-corrected chi connectivity index (χ1v) is 8.18. The first-order valence-electron chi connectivity index (χ1n) is 8.18. The molecule has 2 heterocycles. The number of nitrogens with zero attached hydrogens (tertiary/aromatic N) is 3. The van der Waals surface area contributed by atoms with Gasteiger partial charge in [0, 0.05) is 30.2 Å². The molecular formula is C19H21N3O2. The van der Waals surface area contributed by atoms with E-state index in [9.17, 15) is 9.90 Å². The molecule has 0 radical (unpaired) electrons. The fourth-order valence-electron chi connectivity index (χ4n) is 3.37. The number of hydrogen-bond acceptors (Lipinski definition) is 3. The lowest BCUT2D eigenvalue weighted by atomic mass is 10.1. The monoisotopic (exact) mass is 323 g/mol. The van der Waals surface area contributed by atoms with Crippen molar-refractivity contribution < 1.29 is 9.90 Å². The third kappa shape index (κ3) is 2.93. The maximum Gasteiger partial charge on any atom is 0.255 e. The van der Waals surface area contributed by atoms with Gasteiger partial charge in [-0.05, 0) is 57.0 Å². The molecule has 1 aromatic carbocycles. The van der Waals surface area contributed by atoms with Crippen LogP contribution >= 0.6 is 0 Å². The molecule has 1 aliphatic heterocycles. The summed E-state index contributed by atoms with van der Waals surface area (Å²) < 4.78 is 2.02. The van der Waals surface area contributed by atoms with Gasteiger partial charge in [-0.3, -0.25) is 4.79 Å². The number of benzene rings is 1. The number of aryl methyl sites for hydroxylation is 1. The third-order valence-corrected chi connectivity index (χ3v) is 4.60. The van der Waals surface area contributed by atoms with Crippen molar-refractivity contribution in [2.24, 2.45) is 0 Å². The van der Waals surface area contributed by atoms with Gasteiger partial charge in [0.15, 0.2) is 0 Å². The zero-order valence-electron chi connectivity index (χ0n) is 14.0. The number of hydrogen-bond donors (Lipinski definition) is 1. The molecule has 1 amide bonds. The van der Waals surface area contributed by atoms with Crippen LogP contribution in [0.5, 0.6) is 0 Å². The van der Waals surface area contributed by atoms with E-state index in [4.69, 9.17) is 5.26 Å². The van der Waals surface area contributed by atoms with E-state index in [2.05, 4.69) is 6.07 Å². The van der Waals surface area contributed by atoms with E-state index < -0.39 is 6.10 Å². The summed E-state index contributed by atoms with van der Waals surface area (Å²) in [6.07, 6.45) is 1.17. The molecule has 1 saturated heterocycles. The second-order valence-electron chi connectivity index (χ2n) is 6.33. The number of aliphatic hydroxyl groups excluding tert-OH is 1. The van der Waals surface area contributed by atoms with Gasteiger partial charge in [0.05, 0.1) is 23.3 Å². The van der Waals surface area contributed by atoms with Crippen LogP contribution in [0.25, 0.3) is 5.69 Å². The summed E-state index contributed by atoms with van der Waals surface area (Å²) in [5.74, 6) is -0.0262. The van der Waals surface area contributed by atoms with Crippen molar-refractivity contribution in [3.63, 3.8) is 0 Å². The fourth-order valence-corrected chi connectivity index (χ4v) is 3.37. The first kappa shape index (κ1) is 16.3. The number of aromatic nitrogens is 1. The van der Waals surface area contributed by atoms with Crippen LogP contribution in [0.1, 0.15) is 40.2 Å². The minimum Gasteiger partial charge on any atom is -0.391 e. The predicted molar refractivity (Wildman–Crippen MR) is 91.1 cm³/mol. The van der Waals surface area contributed by atoms with Crippen LogP contribution in [0.4, 0.5) is 0 Å². The van der Waals surface area contributed by atoms with Crippen molar-refractivity contribution in [3.8, 4) is 11.8 Å². The Bertz CT molecular complexity index is 799. The molecule has 0 aliphatic carbocycles. The van der Waals surface area contributed by atoms with E-state index in [0.717, 1.165) is 29.9 Å². The molecule has 1 fully saturated rings. The lowest BCUT2D eigenvalue weighted by Crippen LogP contribution is -2.42. The van der Waals surface area contributed by atoms with Crippen LogP contribution in [0.15, 0.2) is 30.3 Å². The Morgan fingerprint density at radius 3 is 2.62 bits per heavy atom. The maximum absolute atomic E-state index is 12.8. The molecular weight excluding hydrogens is 302 g/mol. The Labute approximate surface area is 141 Å². The van der Waals surface area contributed by atoms with Gasteiger partial charge >= 0.3 is 0 Å². The summed E-state index contributed by atoms with van der Waals surface area (Å²) in [6.45, 7) is 4.99. The van der Waals surface area contributed by atoms with Crippen LogP contribution in [0, 0.1) is 25.2 Å². The molecule has 2 aromatic rings. The summed E-state index contributed by atoms with van der Waals surface area (Å²) in [7, 11) is 0. The molecule has 1 atom stereocenters. The van der Waals surface area contributed by atoms with E-state index in [1.807, 2.05) is 36.6 Å². The van der Waals surface area contributed by atoms with E-state index in [1.165, 1.54) is 0 Å². The molecule has 3 rings (SSSR count). The average Bonchev–Trinajstić information content (AvgIpc) is 2.89. The molecule has 0 bridgehead atoms. The van der Waals surface area contributed by atoms with Crippen LogP contribution < -0.4 is 0 Å². The highest BCUT2D eigenvalue weighted by Gasteiger charge is 2.26. The Kier molecular flexibility index (Phi) is 4.41. The van der Waals surface area contributed by atoms with Crippen LogP contribution in [0.2, 0.25) is 0 Å². The highest BCUT2D eigenvalue weighted by molar-refractivity contribution is 5.96. The number of nitriles is 1. The van der Waals surface area contributed by atoms with Gasteiger partial charge in [-0.25, -0.2) is 0 Å². The molecule has 24 heavy (non-hydrogen) atoms. The Morgan fingerprint density at radius 1 is 1.29 bits per heavy atom. The Hall–Kier alpha value is -2.58. The predicted octanol–water partition coefficient (Wildman–Crippen LogP) is 2.56. The topological polar surface area (TPSA) is 69.3 Å². The number of β-amino-alcohol motifs (C(OH)–C–C–N with tert-alkyl or cyclic N) is 1. The number of carbonyl (C=O) groups is 1. The van der Waals surface area contributed by atoms with Gasteiger partial charge in [0.25, 0.3) is 5.91 Å². The maximum atomic E-state index is 12.8. The Balaban J connectivity index is 1.94. The van der Waals surface area contributed by atoms with Gasteiger partial charge in [0.2, 0.25) is 0 Å². The number of aliphatic hydroxyl groups is 1. The SMILES string of the molecule is Cc1cc(C(=O)N2CCCC(O)C2)c(C)n1-c1ccc(C#N)cc1. The minimum atomic E-state index is -0.426. The quantitative estimate of drug-likeness (QED) is 0.923. The summed E-state index contributed by atoms with van der Waals surface area (Å²) in [5.41, 5.74) is 4.06. The van der Waals surface area contributed by atoms with Crippen molar-refractivity contribution in [3.05, 3.63) is 52.8 Å². The minimum absolute atomic E-state index is 0.0262. The molecule has 1 N–H and O–H groups in total. The molecule has 5 nitrogen and oxygen atoms in total. The lowest BCUT2D eigenvalue weighted by molar-refractivity contribution is 0.0473. The number of likely N-dealkylation sites (tertiary alicyclic amines) is 1. The zero-order valence-corrected chi connectivity index (χ0v) is 14.0. The Morgan fingerprint density at radius 2 is 2.00 bits per heavy atom. The van der Waals surface area contributed by atoms with Gasteiger partial charge in [-0.15, -0.1) is 0 Å². The number of carbonyl (C=O) groups excluding carboxylic acids is 1. The van der Waals surface area contributed by atoms with Crippen molar-refractivity contribution >= 4 is 5.91 Å². The van der Waals surface area contributed by atoms with Crippen molar-refractivity contribution in [1.82, 2.24) is 9.47 Å². The summed E-state index contributed by atoms with van der Waals surface area (Å²) in [5, 5.41) is 18.7. The standard InChI is InChI=1S/C19H21N3O2/c1-13-10-18(19(24)21-9-3-4-17(23)12-21)14(2)22(13)16-7-5-15(11-20)6-8-16/h5-8,10,17,23H,3-4,9,12H2,1-2H3. The van der Waals surface area contributed by atoms with Gasteiger partial charge in [-0.1, -0.05) is 0 Å². The van der Waals surface area contributed by atoms with Gasteiger partial charge in [-0.2, -0.15) is 5.26 Å². The van der Waals surface area contributed by atoms with Crippen LogP contribution in [0.3, 0.4) is 0 Å². The van der Waals surface area contributed by atoms with Crippen molar-refractivity contribution in [2.45, 2.75) is 32.8 Å². The molecule has 1 unspecified atom stereocenters. The highest BCUT2D eigenvalue weighted by atomic mass is 16.3. The molecule has 0 spiro atoms. The van der Waals surface area contributed by atoms with Crippen molar-refractivity contribution in [1.29, 1.82) is 5.26 Å². The second kappa shape index (κ2) is 6.50. The zero-order chi connectivity index (χ0) is 17.3. The number of amides is 1. The van der Waals surface area contributed by atoms with Gasteiger partial charge < -0.3 is 14.6 Å². The molecule has 124 valence electrons. The number of piperidine rings is 1. The van der Waals surface area contributed by atoms with Crippen LogP contribution in [-0.4, -0.2) is 39.7 Å². The van der Waals surface area contributed by atoms with Crippen molar-refractivity contribution in [2.75, 3.05) is 13.1 Å². The normalized spacial score (nSPS) is 17.6. The fraction of sp³-hybridized carbons (Fsp3) is 0.368. The molecule has 1 aromatic heterocycles. The van der Waals surface area contributed by atoms with E-state index in [-0.39, 0.29) is 5.91 Å². The van der Waals surface area contributed by atoms with E-state index in [0.29, 0.717) is 24.2 Å². The third-order valence-electron chi connectivity index (χ3n) is 4.60. The summed E-state index contributed by atoms with van der Waals surface area (Å²) in [4.78, 5) is 14.6. The van der Waals surface area contributed by atoms with E-state index >= 15 is 0 Å². The first-order chi connectivity index (χ1) is 11.5. The molecule has 0 saturated carbocycles. The highest BCUT2D eigenvalue weighted by Crippen LogP contribution is 2.23. The number of rotatable bonds is 2. The summed E-state index contributed by atoms with van der Waals surface area (Å²) in [6, 6.07) is 11.3.